The van der Waals surface area contributed by atoms with Crippen molar-refractivity contribution >= 4 is 33.7 Å². The smallest absolute Gasteiger partial charge is 0.191 e. The lowest BCUT2D eigenvalue weighted by Crippen LogP contribution is -2.40. The van der Waals surface area contributed by atoms with Crippen LogP contribution in [0, 0.1) is 0 Å². The quantitative estimate of drug-likeness (QED) is 0.250. The van der Waals surface area contributed by atoms with E-state index >= 15 is 0 Å². The predicted molar refractivity (Wildman–Crippen MR) is 106 cm³/mol. The highest BCUT2D eigenvalue weighted by atomic mass is 79.9. The van der Waals surface area contributed by atoms with E-state index < -0.39 is 0 Å². The molecule has 1 atom stereocenters. The summed E-state index contributed by atoms with van der Waals surface area (Å²) >= 11 is 5.30. The molecule has 1 unspecified atom stereocenters. The van der Waals surface area contributed by atoms with Crippen LogP contribution in [0.15, 0.2) is 38.6 Å². The lowest BCUT2D eigenvalue weighted by atomic mass is 10.4. The summed E-state index contributed by atoms with van der Waals surface area (Å²) in [6.07, 6.45) is 0.938. The highest BCUT2D eigenvalue weighted by Gasteiger charge is 2.06. The molecule has 0 aliphatic rings. The van der Waals surface area contributed by atoms with Gasteiger partial charge in [0.2, 0.25) is 0 Å². The molecule has 0 saturated carbocycles. The number of thioether (sulfide) groups is 1. The van der Waals surface area contributed by atoms with Crippen molar-refractivity contribution in [3.8, 4) is 0 Å². The van der Waals surface area contributed by atoms with Gasteiger partial charge in [0.05, 0.1) is 13.2 Å². The molecule has 0 aliphatic heterocycles. The summed E-state index contributed by atoms with van der Waals surface area (Å²) < 4.78 is 11.5. The van der Waals surface area contributed by atoms with Crippen molar-refractivity contribution in [1.82, 2.24) is 10.6 Å². The molecular formula is C17H28BrN3O2S. The zero-order valence-electron chi connectivity index (χ0n) is 14.7. The molecule has 0 saturated heterocycles. The monoisotopic (exact) mass is 417 g/mol. The zero-order chi connectivity index (χ0) is 17.6. The van der Waals surface area contributed by atoms with E-state index in [2.05, 4.69) is 62.7 Å². The van der Waals surface area contributed by atoms with Crippen molar-refractivity contribution in [2.75, 3.05) is 47.1 Å². The second-order valence-corrected chi connectivity index (χ2v) is 7.65. The number of methoxy groups -OCH3 is 1. The maximum atomic E-state index is 5.43. The van der Waals surface area contributed by atoms with E-state index in [1.54, 1.807) is 14.2 Å². The molecule has 5 nitrogen and oxygen atoms in total. The first kappa shape index (κ1) is 21.3. The normalized spacial score (nSPS) is 12.9. The molecular weight excluding hydrogens is 390 g/mol. The average Bonchev–Trinajstić information content (AvgIpc) is 2.58. The van der Waals surface area contributed by atoms with E-state index in [-0.39, 0.29) is 0 Å². The maximum Gasteiger partial charge on any atom is 0.191 e. The molecule has 0 aliphatic carbocycles. The van der Waals surface area contributed by atoms with Crippen molar-refractivity contribution in [2.45, 2.75) is 23.5 Å². The number of nitrogens with one attached hydrogen (secondary N) is 2. The number of nitrogens with zero attached hydrogens (tertiary/aromatic N) is 1. The fraction of sp³-hybridized carbons (Fsp3) is 0.588. The Hall–Kier alpha value is -0.760. The fourth-order valence-electron chi connectivity index (χ4n) is 1.87. The Labute approximate surface area is 158 Å². The Kier molecular flexibility index (Phi) is 12.0. The molecule has 0 heterocycles. The van der Waals surface area contributed by atoms with Crippen molar-refractivity contribution in [3.63, 3.8) is 0 Å². The van der Waals surface area contributed by atoms with Gasteiger partial charge in [-0.15, -0.1) is 11.8 Å². The summed E-state index contributed by atoms with van der Waals surface area (Å²) in [6.45, 7) is 5.91. The third-order valence-electron chi connectivity index (χ3n) is 3.12. The van der Waals surface area contributed by atoms with Crippen LogP contribution >= 0.6 is 27.7 Å². The van der Waals surface area contributed by atoms with Gasteiger partial charge in [-0.25, -0.2) is 0 Å². The molecule has 1 aromatic carbocycles. The van der Waals surface area contributed by atoms with Crippen molar-refractivity contribution in [2.24, 2.45) is 4.99 Å². The van der Waals surface area contributed by atoms with Crippen LogP contribution in [0.5, 0.6) is 0 Å². The third kappa shape index (κ3) is 10.2. The Bertz CT molecular complexity index is 471. The van der Waals surface area contributed by atoms with E-state index in [0.29, 0.717) is 18.5 Å². The standard InChI is InChI=1S/C17H28BrN3O2S/c1-14(24-16-7-5-15(18)6-8-16)13-21-17(19-2)20-9-4-10-23-12-11-22-3/h5-8,14H,4,9-13H2,1-3H3,(H2,19,20,21). The summed E-state index contributed by atoms with van der Waals surface area (Å²) in [7, 11) is 3.47. The second-order valence-electron chi connectivity index (χ2n) is 5.22. The zero-order valence-corrected chi connectivity index (χ0v) is 17.1. The first-order chi connectivity index (χ1) is 11.7. The minimum absolute atomic E-state index is 0.446. The lowest BCUT2D eigenvalue weighted by Gasteiger charge is -2.16. The Morgan fingerprint density at radius 2 is 1.96 bits per heavy atom. The van der Waals surface area contributed by atoms with Crippen LogP contribution in [0.1, 0.15) is 13.3 Å². The van der Waals surface area contributed by atoms with Crippen LogP contribution < -0.4 is 10.6 Å². The molecule has 0 spiro atoms. The van der Waals surface area contributed by atoms with Gasteiger partial charge >= 0.3 is 0 Å². The number of halogens is 1. The van der Waals surface area contributed by atoms with E-state index in [1.165, 1.54) is 4.90 Å². The number of hydrogen-bond acceptors (Lipinski definition) is 4. The Morgan fingerprint density at radius 1 is 1.21 bits per heavy atom. The number of benzene rings is 1. The topological polar surface area (TPSA) is 54.9 Å². The molecule has 24 heavy (non-hydrogen) atoms. The predicted octanol–water partition coefficient (Wildman–Crippen LogP) is 3.15. The summed E-state index contributed by atoms with van der Waals surface area (Å²) in [6, 6.07) is 8.39. The van der Waals surface area contributed by atoms with E-state index in [0.717, 1.165) is 36.5 Å². The highest BCUT2D eigenvalue weighted by molar-refractivity contribution is 9.10. The summed E-state index contributed by atoms with van der Waals surface area (Å²) in [5, 5.41) is 7.11. The summed E-state index contributed by atoms with van der Waals surface area (Å²) in [5.74, 6) is 0.829. The second kappa shape index (κ2) is 13.5. The van der Waals surface area contributed by atoms with Gasteiger partial charge < -0.3 is 20.1 Å². The summed E-state index contributed by atoms with van der Waals surface area (Å²) in [5.41, 5.74) is 0. The fourth-order valence-corrected chi connectivity index (χ4v) is 3.06. The largest absolute Gasteiger partial charge is 0.382 e. The van der Waals surface area contributed by atoms with E-state index in [4.69, 9.17) is 9.47 Å². The van der Waals surface area contributed by atoms with E-state index in [1.807, 2.05) is 11.8 Å². The number of aliphatic imine (C=N–C) groups is 1. The van der Waals surface area contributed by atoms with Gasteiger partial charge in [0, 0.05) is 48.5 Å². The minimum Gasteiger partial charge on any atom is -0.382 e. The molecule has 136 valence electrons. The first-order valence-electron chi connectivity index (χ1n) is 8.09. The van der Waals surface area contributed by atoms with Crippen LogP contribution in [-0.4, -0.2) is 58.3 Å². The molecule has 0 radical (unpaired) electrons. The minimum atomic E-state index is 0.446. The van der Waals surface area contributed by atoms with Gasteiger partial charge in [-0.2, -0.15) is 0 Å². The SMILES string of the molecule is CN=C(NCCCOCCOC)NCC(C)Sc1ccc(Br)cc1. The van der Waals surface area contributed by atoms with Crippen LogP contribution in [0.3, 0.4) is 0 Å². The van der Waals surface area contributed by atoms with Crippen molar-refractivity contribution in [3.05, 3.63) is 28.7 Å². The molecule has 0 bridgehead atoms. The number of rotatable bonds is 11. The van der Waals surface area contributed by atoms with Crippen LogP contribution in [0.2, 0.25) is 0 Å². The highest BCUT2D eigenvalue weighted by Crippen LogP contribution is 2.24. The Balaban J connectivity index is 2.15. The molecule has 1 rings (SSSR count). The third-order valence-corrected chi connectivity index (χ3v) is 4.76. The number of ether oxygens (including phenoxy) is 2. The Morgan fingerprint density at radius 3 is 2.62 bits per heavy atom. The van der Waals surface area contributed by atoms with Gasteiger partial charge in [-0.05, 0) is 30.7 Å². The number of guanidine groups is 1. The van der Waals surface area contributed by atoms with Gasteiger partial charge in [-0.3, -0.25) is 4.99 Å². The molecule has 1 aromatic rings. The molecule has 0 aromatic heterocycles. The van der Waals surface area contributed by atoms with Crippen molar-refractivity contribution < 1.29 is 9.47 Å². The average molecular weight is 418 g/mol. The van der Waals surface area contributed by atoms with Crippen LogP contribution in [-0.2, 0) is 9.47 Å². The molecule has 0 fully saturated rings. The van der Waals surface area contributed by atoms with Crippen LogP contribution in [0.25, 0.3) is 0 Å². The maximum absolute atomic E-state index is 5.43. The van der Waals surface area contributed by atoms with Gasteiger partial charge in [-0.1, -0.05) is 22.9 Å². The summed E-state index contributed by atoms with van der Waals surface area (Å²) in [4.78, 5) is 5.51. The number of hydrogen-bond donors (Lipinski definition) is 2. The first-order valence-corrected chi connectivity index (χ1v) is 9.76. The molecule has 2 N–H and O–H groups in total. The molecule has 7 heteroatoms. The van der Waals surface area contributed by atoms with Gasteiger partial charge in [0.25, 0.3) is 0 Å². The van der Waals surface area contributed by atoms with Gasteiger partial charge in [0.1, 0.15) is 0 Å². The van der Waals surface area contributed by atoms with Crippen molar-refractivity contribution in [1.29, 1.82) is 0 Å². The van der Waals surface area contributed by atoms with Crippen LogP contribution in [0.4, 0.5) is 0 Å². The lowest BCUT2D eigenvalue weighted by molar-refractivity contribution is 0.0698. The van der Waals surface area contributed by atoms with Gasteiger partial charge in [0.15, 0.2) is 5.96 Å². The molecule has 0 amide bonds. The van der Waals surface area contributed by atoms with E-state index in [9.17, 15) is 0 Å².